The Morgan fingerprint density at radius 1 is 0.338 bits per heavy atom. The molecule has 0 amide bonds. The highest BCUT2D eigenvalue weighted by atomic mass is 19.1. The fourth-order valence-corrected chi connectivity index (χ4v) is 13.2. The van der Waals surface area contributed by atoms with Crippen LogP contribution in [-0.2, 0) is 10.8 Å². The molecule has 0 aromatic heterocycles. The second kappa shape index (κ2) is 18.6. The smallest absolute Gasteiger partial charge is 0.150 e. The van der Waals surface area contributed by atoms with Gasteiger partial charge in [0.1, 0.15) is 23.3 Å². The van der Waals surface area contributed by atoms with Gasteiger partial charge < -0.3 is 14.7 Å². The summed E-state index contributed by atoms with van der Waals surface area (Å²) in [7, 11) is 2.13. The van der Waals surface area contributed by atoms with Gasteiger partial charge in [-0.05, 0) is 179 Å². The van der Waals surface area contributed by atoms with Gasteiger partial charge in [-0.15, -0.1) is 0 Å². The second-order valence-electron chi connectivity index (χ2n) is 23.0. The number of aryl methyl sites for hydroxylation is 4. The van der Waals surface area contributed by atoms with Crippen molar-refractivity contribution in [3.05, 3.63) is 262 Å². The minimum absolute atomic E-state index is 0.261. The summed E-state index contributed by atoms with van der Waals surface area (Å²) in [4.78, 5) is 6.20. The van der Waals surface area contributed by atoms with E-state index in [0.717, 1.165) is 135 Å². The van der Waals surface area contributed by atoms with Gasteiger partial charge in [0, 0.05) is 69.1 Å². The van der Waals surface area contributed by atoms with Crippen molar-refractivity contribution in [2.75, 3.05) is 21.7 Å². The molecule has 13 rings (SSSR count). The van der Waals surface area contributed by atoms with Gasteiger partial charge in [-0.25, -0.2) is 17.6 Å². The number of nitrogens with zero attached hydrogens (tertiary/aromatic N) is 3. The van der Waals surface area contributed by atoms with E-state index in [-0.39, 0.29) is 11.4 Å². The van der Waals surface area contributed by atoms with Crippen LogP contribution in [0.1, 0.15) is 72.2 Å². The summed E-state index contributed by atoms with van der Waals surface area (Å²) < 4.78 is 62.1. The lowest BCUT2D eigenvalue weighted by Gasteiger charge is -2.31. The van der Waals surface area contributed by atoms with Crippen LogP contribution in [0.2, 0.25) is 0 Å². The molecule has 0 atom stereocenters. The van der Waals surface area contributed by atoms with Crippen LogP contribution >= 0.6 is 0 Å². The standard InChI is InChI=1S/C73H59F4N3/c1-42-23-29-63(44(3)33-42)79(65-31-26-47(74)36-61(65)76)68-40-59-70(52-21-15-13-19-50(52)68)55-35-46(25-28-57(55)72(59,5)6)54-38-56-58(39-67(54)78(9)49-17-11-10-12-18-49)73(7,8)60-41-69(51-20-14-16-22-53(51)71(56)60)80(64-30-24-43(2)34-45(64)4)66-32-27-48(75)37-62(66)77/h10-41H,1-9H3. The molecule has 11 aromatic rings. The highest BCUT2D eigenvalue weighted by Crippen LogP contribution is 2.59. The van der Waals surface area contributed by atoms with Gasteiger partial charge >= 0.3 is 0 Å². The Balaban J connectivity index is 1.04. The molecule has 0 fully saturated rings. The molecule has 2 aliphatic carbocycles. The molecule has 0 spiro atoms. The monoisotopic (exact) mass is 1050 g/mol. The Hall–Kier alpha value is -8.94. The summed E-state index contributed by atoms with van der Waals surface area (Å²) in [6.45, 7) is 17.3. The molecule has 0 saturated heterocycles. The van der Waals surface area contributed by atoms with Gasteiger partial charge in [0.25, 0.3) is 0 Å². The van der Waals surface area contributed by atoms with Gasteiger partial charge in [-0.3, -0.25) is 0 Å². The van der Waals surface area contributed by atoms with Crippen molar-refractivity contribution in [1.29, 1.82) is 0 Å². The van der Waals surface area contributed by atoms with Crippen LogP contribution in [0.5, 0.6) is 0 Å². The number of fused-ring (bicyclic) bond motifs is 10. The van der Waals surface area contributed by atoms with Crippen LogP contribution in [0.15, 0.2) is 194 Å². The van der Waals surface area contributed by atoms with Gasteiger partial charge in [-0.2, -0.15) is 0 Å². The Kier molecular flexibility index (Phi) is 11.7. The Morgan fingerprint density at radius 3 is 1.26 bits per heavy atom. The molecule has 394 valence electrons. The van der Waals surface area contributed by atoms with E-state index in [2.05, 4.69) is 155 Å². The number of anilines is 8. The third-order valence-electron chi connectivity index (χ3n) is 17.2. The summed E-state index contributed by atoms with van der Waals surface area (Å²) in [6, 6.07) is 63.3. The molecule has 0 bridgehead atoms. The van der Waals surface area contributed by atoms with Crippen molar-refractivity contribution in [3.8, 4) is 33.4 Å². The zero-order valence-electron chi connectivity index (χ0n) is 46.3. The molecule has 3 nitrogen and oxygen atoms in total. The van der Waals surface area contributed by atoms with Crippen molar-refractivity contribution in [3.63, 3.8) is 0 Å². The van der Waals surface area contributed by atoms with Crippen molar-refractivity contribution in [1.82, 2.24) is 0 Å². The van der Waals surface area contributed by atoms with Crippen molar-refractivity contribution in [2.24, 2.45) is 0 Å². The number of rotatable bonds is 9. The van der Waals surface area contributed by atoms with E-state index in [9.17, 15) is 8.78 Å². The molecule has 2 aliphatic rings. The first-order valence-electron chi connectivity index (χ1n) is 27.3. The van der Waals surface area contributed by atoms with Crippen LogP contribution in [0.3, 0.4) is 0 Å². The Morgan fingerprint density at radius 2 is 0.775 bits per heavy atom. The highest BCUT2D eigenvalue weighted by molar-refractivity contribution is 6.13. The van der Waals surface area contributed by atoms with Crippen molar-refractivity contribution >= 4 is 67.0 Å². The SMILES string of the molecule is Cc1ccc(N(c2ccc(F)cc2F)c2cc3c(c4ccccc24)-c2cc(-c4cc5c(cc4N(C)c4ccccc4)C(C)(C)c4cc(N(c6ccc(C)cc6C)c6ccc(F)cc6F)c6ccccc6c4-5)ccc2C3(C)C)c(C)c1. The molecule has 0 aliphatic heterocycles. The normalized spacial score (nSPS) is 13.5. The van der Waals surface area contributed by atoms with Crippen LogP contribution in [-0.4, -0.2) is 7.05 Å². The summed E-state index contributed by atoms with van der Waals surface area (Å²) in [5.74, 6) is -2.56. The fraction of sp³-hybridized carbons (Fsp3) is 0.151. The molecule has 11 aromatic carbocycles. The van der Waals surface area contributed by atoms with Gasteiger partial charge in [-0.1, -0.05) is 142 Å². The van der Waals surface area contributed by atoms with Crippen LogP contribution in [0, 0.1) is 51.0 Å². The number of halogens is 4. The first kappa shape index (κ1) is 50.6. The van der Waals surface area contributed by atoms with Crippen LogP contribution in [0.25, 0.3) is 54.9 Å². The summed E-state index contributed by atoms with van der Waals surface area (Å²) in [6.07, 6.45) is 0. The van der Waals surface area contributed by atoms with E-state index in [1.54, 1.807) is 0 Å². The number of hydrogen-bond acceptors (Lipinski definition) is 3. The quantitative estimate of drug-likeness (QED) is 0.133. The minimum Gasteiger partial charge on any atom is -0.344 e. The van der Waals surface area contributed by atoms with E-state index in [1.807, 2.05) is 80.0 Å². The summed E-state index contributed by atoms with van der Waals surface area (Å²) in [5, 5.41) is 3.94. The highest BCUT2D eigenvalue weighted by Gasteiger charge is 2.42. The maximum Gasteiger partial charge on any atom is 0.150 e. The summed E-state index contributed by atoms with van der Waals surface area (Å²) >= 11 is 0. The maximum atomic E-state index is 16.4. The zero-order chi connectivity index (χ0) is 55.7. The molecule has 80 heavy (non-hydrogen) atoms. The van der Waals surface area contributed by atoms with Gasteiger partial charge in [0.15, 0.2) is 0 Å². The van der Waals surface area contributed by atoms with Crippen molar-refractivity contribution < 1.29 is 17.6 Å². The van der Waals surface area contributed by atoms with E-state index in [1.165, 1.54) is 35.4 Å². The second-order valence-corrected chi connectivity index (χ2v) is 23.0. The van der Waals surface area contributed by atoms with Crippen LogP contribution in [0.4, 0.5) is 63.1 Å². The molecule has 0 saturated carbocycles. The van der Waals surface area contributed by atoms with E-state index >= 15 is 8.78 Å². The number of para-hydroxylation sites is 1. The lowest BCUT2D eigenvalue weighted by atomic mass is 9.80. The molecule has 0 unspecified atom stereocenters. The van der Waals surface area contributed by atoms with Crippen molar-refractivity contribution in [2.45, 2.75) is 66.2 Å². The lowest BCUT2D eigenvalue weighted by Crippen LogP contribution is -2.19. The lowest BCUT2D eigenvalue weighted by molar-refractivity contribution is 0.583. The van der Waals surface area contributed by atoms with E-state index < -0.39 is 34.1 Å². The molecular weight excluding hydrogens is 995 g/mol. The van der Waals surface area contributed by atoms with Gasteiger partial charge in [0.05, 0.1) is 22.7 Å². The third kappa shape index (κ3) is 7.84. The molecule has 7 heteroatoms. The predicted octanol–water partition coefficient (Wildman–Crippen LogP) is 20.8. The first-order valence-corrected chi connectivity index (χ1v) is 27.3. The molecule has 0 radical (unpaired) electrons. The van der Waals surface area contributed by atoms with Crippen LogP contribution < -0.4 is 14.7 Å². The Labute approximate surface area is 465 Å². The topological polar surface area (TPSA) is 9.72 Å². The number of hydrogen-bond donors (Lipinski definition) is 0. The summed E-state index contributed by atoms with van der Waals surface area (Å²) in [5.41, 5.74) is 20.1. The maximum absolute atomic E-state index is 16.4. The minimum atomic E-state index is -0.649. The average Bonchev–Trinajstić information content (AvgIpc) is 3.96. The molecule has 0 heterocycles. The molecular formula is C73H59F4N3. The van der Waals surface area contributed by atoms with Gasteiger partial charge in [0.2, 0.25) is 0 Å². The molecule has 0 N–H and O–H groups in total. The fourth-order valence-electron chi connectivity index (χ4n) is 13.2. The van der Waals surface area contributed by atoms with E-state index in [0.29, 0.717) is 0 Å². The average molecular weight is 1050 g/mol. The first-order chi connectivity index (χ1) is 38.4. The largest absolute Gasteiger partial charge is 0.344 e. The third-order valence-corrected chi connectivity index (χ3v) is 17.2. The van der Waals surface area contributed by atoms with E-state index in [4.69, 9.17) is 0 Å². The Bertz CT molecular complexity index is 4280. The number of benzene rings is 11. The predicted molar refractivity (Wildman–Crippen MR) is 325 cm³/mol. The zero-order valence-corrected chi connectivity index (χ0v) is 46.3.